The Hall–Kier alpha value is -1.84. The van der Waals surface area contributed by atoms with Crippen molar-refractivity contribution in [2.24, 2.45) is 0 Å². The second-order valence-electron chi connectivity index (χ2n) is 5.26. The monoisotopic (exact) mass is 433 g/mol. The highest BCUT2D eigenvalue weighted by Crippen LogP contribution is 2.39. The van der Waals surface area contributed by atoms with E-state index in [1.165, 1.54) is 30.3 Å². The van der Waals surface area contributed by atoms with Crippen LogP contribution in [0.3, 0.4) is 0 Å². The summed E-state index contributed by atoms with van der Waals surface area (Å²) in [6.07, 6.45) is -4.67. The molecule has 1 heterocycles. The van der Waals surface area contributed by atoms with Gasteiger partial charge in [0, 0.05) is 9.86 Å². The molecule has 3 aromatic rings. The van der Waals surface area contributed by atoms with Crippen LogP contribution in [0.1, 0.15) is 11.3 Å². The molecular formula is C16H11BrF3NO3S. The molecule has 0 saturated heterocycles. The number of aromatic nitrogens is 1. The van der Waals surface area contributed by atoms with Crippen LogP contribution in [0.5, 0.6) is 0 Å². The van der Waals surface area contributed by atoms with Crippen molar-refractivity contribution < 1.29 is 26.7 Å². The Kier molecular flexibility index (Phi) is 4.42. The van der Waals surface area contributed by atoms with Crippen molar-refractivity contribution in [1.29, 1.82) is 0 Å². The minimum Gasteiger partial charge on any atom is -0.390 e. The van der Waals surface area contributed by atoms with Gasteiger partial charge in [-0.05, 0) is 30.3 Å². The molecule has 0 bridgehead atoms. The number of benzene rings is 2. The Morgan fingerprint density at radius 2 is 1.72 bits per heavy atom. The summed E-state index contributed by atoms with van der Waals surface area (Å²) >= 11 is 2.99. The number of hydrogen-bond donors (Lipinski definition) is 1. The SMILES string of the molecule is O=S(=O)(c1ccccc1)n1c(CO)cc2c(C(F)(F)F)cc(Br)cc21. The highest BCUT2D eigenvalue weighted by Gasteiger charge is 2.35. The summed E-state index contributed by atoms with van der Waals surface area (Å²) in [5.41, 5.74) is -1.29. The van der Waals surface area contributed by atoms with E-state index >= 15 is 0 Å². The maximum absolute atomic E-state index is 13.3. The minimum atomic E-state index is -4.67. The average Bonchev–Trinajstić information content (AvgIpc) is 2.92. The smallest absolute Gasteiger partial charge is 0.390 e. The van der Waals surface area contributed by atoms with Crippen LogP contribution < -0.4 is 0 Å². The Balaban J connectivity index is 2.42. The molecule has 132 valence electrons. The van der Waals surface area contributed by atoms with Crippen LogP contribution in [0.25, 0.3) is 10.9 Å². The van der Waals surface area contributed by atoms with Crippen LogP contribution in [0, 0.1) is 0 Å². The zero-order valence-corrected chi connectivity index (χ0v) is 14.9. The molecule has 0 aliphatic rings. The van der Waals surface area contributed by atoms with E-state index in [9.17, 15) is 26.7 Å². The molecule has 0 saturated carbocycles. The van der Waals surface area contributed by atoms with Gasteiger partial charge in [0.25, 0.3) is 10.0 Å². The maximum Gasteiger partial charge on any atom is 0.417 e. The number of fused-ring (bicyclic) bond motifs is 1. The lowest BCUT2D eigenvalue weighted by atomic mass is 10.1. The average molecular weight is 434 g/mol. The molecule has 4 nitrogen and oxygen atoms in total. The Morgan fingerprint density at radius 3 is 2.28 bits per heavy atom. The predicted octanol–water partition coefficient (Wildman–Crippen LogP) is 4.15. The number of aliphatic hydroxyl groups is 1. The second kappa shape index (κ2) is 6.15. The Bertz CT molecular complexity index is 1040. The van der Waals surface area contributed by atoms with E-state index in [-0.39, 0.29) is 26.0 Å². The summed E-state index contributed by atoms with van der Waals surface area (Å²) in [6.45, 7) is -0.727. The Labute approximate surface area is 149 Å². The first kappa shape index (κ1) is 18.0. The number of nitrogens with zero attached hydrogens (tertiary/aromatic N) is 1. The molecule has 9 heteroatoms. The van der Waals surface area contributed by atoms with Crippen LogP contribution in [-0.2, 0) is 22.8 Å². The van der Waals surface area contributed by atoms with Gasteiger partial charge in [-0.25, -0.2) is 12.4 Å². The van der Waals surface area contributed by atoms with E-state index in [2.05, 4.69) is 15.9 Å². The van der Waals surface area contributed by atoms with Gasteiger partial charge in [0.15, 0.2) is 0 Å². The summed E-state index contributed by atoms with van der Waals surface area (Å²) < 4.78 is 66.6. The first-order valence-electron chi connectivity index (χ1n) is 6.99. The van der Waals surface area contributed by atoms with Crippen molar-refractivity contribution in [2.45, 2.75) is 17.7 Å². The third-order valence-electron chi connectivity index (χ3n) is 3.66. The van der Waals surface area contributed by atoms with Gasteiger partial charge in [-0.1, -0.05) is 34.1 Å². The van der Waals surface area contributed by atoms with E-state index in [4.69, 9.17) is 0 Å². The van der Waals surface area contributed by atoms with Crippen LogP contribution in [0.2, 0.25) is 0 Å². The normalized spacial score (nSPS) is 12.7. The fraction of sp³-hybridized carbons (Fsp3) is 0.125. The van der Waals surface area contributed by atoms with Gasteiger partial charge in [-0.3, -0.25) is 0 Å². The standard InChI is InChI=1S/C16H11BrF3NO3S/c17-10-6-14(16(18,19)20)13-8-11(9-22)21(15(13)7-10)25(23,24)12-4-2-1-3-5-12/h1-8,22H,9H2. The lowest BCUT2D eigenvalue weighted by Crippen LogP contribution is -2.16. The first-order valence-corrected chi connectivity index (χ1v) is 9.22. The van der Waals surface area contributed by atoms with Crippen molar-refractivity contribution in [2.75, 3.05) is 0 Å². The highest BCUT2D eigenvalue weighted by molar-refractivity contribution is 9.10. The van der Waals surface area contributed by atoms with Crippen molar-refractivity contribution in [3.63, 3.8) is 0 Å². The third kappa shape index (κ3) is 3.07. The van der Waals surface area contributed by atoms with Crippen LogP contribution in [0.4, 0.5) is 13.2 Å². The third-order valence-corrected chi connectivity index (χ3v) is 5.90. The zero-order chi connectivity index (χ0) is 18.4. The van der Waals surface area contributed by atoms with Gasteiger partial charge >= 0.3 is 6.18 Å². The van der Waals surface area contributed by atoms with Crippen LogP contribution >= 0.6 is 15.9 Å². The molecular weight excluding hydrogens is 423 g/mol. The van der Waals surface area contributed by atoms with E-state index in [0.29, 0.717) is 0 Å². The first-order chi connectivity index (χ1) is 11.7. The van der Waals surface area contributed by atoms with Crippen LogP contribution in [-0.4, -0.2) is 17.5 Å². The molecule has 1 N–H and O–H groups in total. The van der Waals surface area contributed by atoms with Gasteiger partial charge in [-0.2, -0.15) is 13.2 Å². The van der Waals surface area contributed by atoms with Gasteiger partial charge in [0.2, 0.25) is 0 Å². The number of aliphatic hydroxyl groups excluding tert-OH is 1. The molecule has 25 heavy (non-hydrogen) atoms. The van der Waals surface area contributed by atoms with Crippen LogP contribution in [0.15, 0.2) is 57.9 Å². The van der Waals surface area contributed by atoms with Crippen molar-refractivity contribution in [1.82, 2.24) is 3.97 Å². The van der Waals surface area contributed by atoms with E-state index in [1.807, 2.05) is 0 Å². The van der Waals surface area contributed by atoms with Crippen molar-refractivity contribution >= 4 is 36.9 Å². The molecule has 0 aliphatic carbocycles. The molecule has 0 amide bonds. The van der Waals surface area contributed by atoms with Crippen molar-refractivity contribution in [3.05, 3.63) is 64.3 Å². The zero-order valence-electron chi connectivity index (χ0n) is 12.5. The predicted molar refractivity (Wildman–Crippen MR) is 89.6 cm³/mol. The number of rotatable bonds is 3. The number of halogens is 4. The summed E-state index contributed by atoms with van der Waals surface area (Å²) in [4.78, 5) is -0.0873. The molecule has 0 unspecified atom stereocenters. The fourth-order valence-corrected chi connectivity index (χ4v) is 4.62. The van der Waals surface area contributed by atoms with Crippen molar-refractivity contribution in [3.8, 4) is 0 Å². The van der Waals surface area contributed by atoms with E-state index < -0.39 is 28.4 Å². The molecule has 0 spiro atoms. The highest BCUT2D eigenvalue weighted by atomic mass is 79.9. The Morgan fingerprint density at radius 1 is 1.08 bits per heavy atom. The number of alkyl halides is 3. The molecule has 2 aromatic carbocycles. The summed E-state index contributed by atoms with van der Waals surface area (Å²) in [6, 6.07) is 10.5. The quantitative estimate of drug-likeness (QED) is 0.674. The van der Waals surface area contributed by atoms with Gasteiger partial charge in [0.1, 0.15) is 0 Å². The fourth-order valence-electron chi connectivity index (χ4n) is 2.63. The molecule has 0 atom stereocenters. The molecule has 0 fully saturated rings. The van der Waals surface area contributed by atoms with E-state index in [0.717, 1.165) is 16.1 Å². The largest absolute Gasteiger partial charge is 0.417 e. The lowest BCUT2D eigenvalue weighted by Gasteiger charge is -2.12. The lowest BCUT2D eigenvalue weighted by molar-refractivity contribution is -0.136. The molecule has 1 aromatic heterocycles. The summed E-state index contributed by atoms with van der Waals surface area (Å²) in [5, 5.41) is 9.22. The van der Waals surface area contributed by atoms with Gasteiger partial charge in [0.05, 0.1) is 28.3 Å². The molecule has 3 rings (SSSR count). The minimum absolute atomic E-state index is 0.0828. The number of hydrogen-bond acceptors (Lipinski definition) is 3. The maximum atomic E-state index is 13.3. The molecule has 0 radical (unpaired) electrons. The molecule has 0 aliphatic heterocycles. The second-order valence-corrected chi connectivity index (χ2v) is 7.96. The van der Waals surface area contributed by atoms with E-state index in [1.54, 1.807) is 6.07 Å². The summed E-state index contributed by atoms with van der Waals surface area (Å²) in [5.74, 6) is 0. The van der Waals surface area contributed by atoms with Gasteiger partial charge < -0.3 is 5.11 Å². The topological polar surface area (TPSA) is 59.3 Å². The van der Waals surface area contributed by atoms with Gasteiger partial charge in [-0.15, -0.1) is 0 Å². The summed E-state index contributed by atoms with van der Waals surface area (Å²) in [7, 11) is -4.18.